The Bertz CT molecular complexity index is 933. The van der Waals surface area contributed by atoms with Gasteiger partial charge in [0.2, 0.25) is 11.8 Å². The average Bonchev–Trinajstić information content (AvgIpc) is 3.09. The topological polar surface area (TPSA) is 63.0 Å². The average molecular weight is 390 g/mol. The second kappa shape index (κ2) is 7.63. The highest BCUT2D eigenvalue weighted by molar-refractivity contribution is 5.76. The molecule has 1 aromatic heterocycles. The Morgan fingerprint density at radius 3 is 2.29 bits per heavy atom. The van der Waals surface area contributed by atoms with Crippen LogP contribution in [0, 0.1) is 0 Å². The van der Waals surface area contributed by atoms with E-state index in [1.165, 1.54) is 12.1 Å². The van der Waals surface area contributed by atoms with Crippen LogP contribution in [0.5, 0.6) is 0 Å². The molecular weight excluding hydrogens is 369 g/mol. The number of hydrogen-bond donors (Lipinski definition) is 2. The second-order valence-corrected chi connectivity index (χ2v) is 7.06. The van der Waals surface area contributed by atoms with Gasteiger partial charge in [-0.05, 0) is 57.3 Å². The molecule has 3 rings (SSSR count). The Hall–Kier alpha value is -2.87. The summed E-state index contributed by atoms with van der Waals surface area (Å²) in [6.45, 7) is 4.05. The smallest absolute Gasteiger partial charge is 0.416 e. The van der Waals surface area contributed by atoms with Crippen molar-refractivity contribution in [2.45, 2.75) is 32.0 Å². The first-order chi connectivity index (χ1) is 13.2. The van der Waals surface area contributed by atoms with Gasteiger partial charge in [-0.1, -0.05) is 12.1 Å². The molecule has 3 aromatic rings. The van der Waals surface area contributed by atoms with Gasteiger partial charge in [0, 0.05) is 17.6 Å². The summed E-state index contributed by atoms with van der Waals surface area (Å²) < 4.78 is 44.0. The summed E-state index contributed by atoms with van der Waals surface area (Å²) in [5.74, 6) is 0.843. The maximum atomic E-state index is 12.7. The van der Waals surface area contributed by atoms with Crippen molar-refractivity contribution in [2.24, 2.45) is 0 Å². The molecule has 0 aliphatic carbocycles. The lowest BCUT2D eigenvalue weighted by Crippen LogP contribution is -2.38. The normalized spacial score (nSPS) is 12.2. The molecule has 5 nitrogen and oxygen atoms in total. The molecule has 2 aromatic carbocycles. The van der Waals surface area contributed by atoms with Gasteiger partial charge in [0.15, 0.2) is 0 Å². The number of likely N-dealkylation sites (N-methyl/N-ethyl adjacent to an activating group) is 1. The van der Waals surface area contributed by atoms with Gasteiger partial charge < -0.3 is 15.1 Å². The molecule has 0 saturated heterocycles. The summed E-state index contributed by atoms with van der Waals surface area (Å²) in [4.78, 5) is 0. The molecule has 2 N–H and O–H groups in total. The van der Waals surface area contributed by atoms with Crippen molar-refractivity contribution in [3.8, 4) is 11.5 Å². The summed E-state index contributed by atoms with van der Waals surface area (Å²) in [6, 6.07) is 12.1. The molecule has 0 saturated carbocycles. The second-order valence-electron chi connectivity index (χ2n) is 7.06. The first-order valence-electron chi connectivity index (χ1n) is 8.73. The van der Waals surface area contributed by atoms with Crippen LogP contribution in [-0.4, -0.2) is 22.8 Å². The third-order valence-electron chi connectivity index (χ3n) is 4.39. The van der Waals surface area contributed by atoms with Crippen LogP contribution < -0.4 is 10.6 Å². The number of benzene rings is 2. The summed E-state index contributed by atoms with van der Waals surface area (Å²) >= 11 is 0. The first-order valence-corrected chi connectivity index (χ1v) is 8.73. The molecule has 0 aliphatic heterocycles. The molecule has 0 atom stereocenters. The molecule has 1 heterocycles. The Labute approximate surface area is 161 Å². The van der Waals surface area contributed by atoms with Gasteiger partial charge >= 0.3 is 6.18 Å². The van der Waals surface area contributed by atoms with Gasteiger partial charge in [0.25, 0.3) is 0 Å². The fourth-order valence-corrected chi connectivity index (χ4v) is 2.58. The van der Waals surface area contributed by atoms with Crippen molar-refractivity contribution in [1.82, 2.24) is 15.5 Å². The van der Waals surface area contributed by atoms with Crippen molar-refractivity contribution in [2.75, 3.05) is 12.4 Å². The van der Waals surface area contributed by atoms with Crippen LogP contribution in [0.1, 0.15) is 25.3 Å². The fourth-order valence-electron chi connectivity index (χ4n) is 2.58. The van der Waals surface area contributed by atoms with Crippen molar-refractivity contribution in [1.29, 1.82) is 0 Å². The molecule has 8 heteroatoms. The summed E-state index contributed by atoms with van der Waals surface area (Å²) in [5.41, 5.74) is 0.965. The number of hydrogen-bond acceptors (Lipinski definition) is 5. The van der Waals surface area contributed by atoms with Gasteiger partial charge in [-0.3, -0.25) is 0 Å². The Balaban J connectivity index is 1.83. The van der Waals surface area contributed by atoms with Crippen LogP contribution in [0.3, 0.4) is 0 Å². The quantitative estimate of drug-likeness (QED) is 0.617. The third kappa shape index (κ3) is 4.69. The monoisotopic (exact) mass is 390 g/mol. The van der Waals surface area contributed by atoms with Crippen molar-refractivity contribution >= 4 is 11.4 Å². The van der Waals surface area contributed by atoms with Gasteiger partial charge in [-0.2, -0.15) is 13.2 Å². The highest BCUT2D eigenvalue weighted by atomic mass is 19.4. The van der Waals surface area contributed by atoms with E-state index < -0.39 is 11.7 Å². The van der Waals surface area contributed by atoms with E-state index in [2.05, 4.69) is 20.8 Å². The van der Waals surface area contributed by atoms with E-state index >= 15 is 0 Å². The van der Waals surface area contributed by atoms with Gasteiger partial charge in [0.1, 0.15) is 0 Å². The van der Waals surface area contributed by atoms with E-state index in [1.807, 2.05) is 39.1 Å². The number of rotatable bonds is 6. The zero-order valence-electron chi connectivity index (χ0n) is 15.8. The molecule has 0 spiro atoms. The third-order valence-corrected chi connectivity index (χ3v) is 4.39. The number of nitrogens with zero attached hydrogens (tertiary/aromatic N) is 2. The van der Waals surface area contributed by atoms with Crippen LogP contribution in [0.25, 0.3) is 11.5 Å². The SMILES string of the molecule is CNC(C)(C)Cc1nnc(-c2ccccc2Nc2ccc(C(F)(F)F)cc2)o1. The van der Waals surface area contributed by atoms with Crippen molar-refractivity contribution in [3.63, 3.8) is 0 Å². The van der Waals surface area contributed by atoms with E-state index in [9.17, 15) is 13.2 Å². The van der Waals surface area contributed by atoms with Gasteiger partial charge in [-0.15, -0.1) is 10.2 Å². The largest absolute Gasteiger partial charge is 0.421 e. The molecule has 0 fully saturated rings. The van der Waals surface area contributed by atoms with Crippen molar-refractivity contribution in [3.05, 3.63) is 60.0 Å². The van der Waals surface area contributed by atoms with E-state index in [-0.39, 0.29) is 5.54 Å². The molecule has 0 radical (unpaired) electrons. The molecular formula is C20H21F3N4O. The van der Waals surface area contributed by atoms with Crippen LogP contribution in [0.2, 0.25) is 0 Å². The summed E-state index contributed by atoms with van der Waals surface area (Å²) in [5, 5.41) is 14.5. The van der Waals surface area contributed by atoms with Crippen LogP contribution >= 0.6 is 0 Å². The number of aromatic nitrogens is 2. The summed E-state index contributed by atoms with van der Waals surface area (Å²) in [7, 11) is 1.86. The fraction of sp³-hybridized carbons (Fsp3) is 0.300. The summed E-state index contributed by atoms with van der Waals surface area (Å²) in [6.07, 6.45) is -3.80. The minimum Gasteiger partial charge on any atom is -0.421 e. The Morgan fingerprint density at radius 1 is 0.964 bits per heavy atom. The molecule has 0 amide bonds. The maximum absolute atomic E-state index is 12.7. The highest BCUT2D eigenvalue weighted by Gasteiger charge is 2.30. The number of para-hydroxylation sites is 1. The number of alkyl halides is 3. The lowest BCUT2D eigenvalue weighted by molar-refractivity contribution is -0.137. The van der Waals surface area contributed by atoms with Crippen LogP contribution in [-0.2, 0) is 12.6 Å². The number of halogens is 3. The Kier molecular flexibility index (Phi) is 5.42. The molecule has 0 unspecified atom stereocenters. The maximum Gasteiger partial charge on any atom is 0.416 e. The predicted molar refractivity (Wildman–Crippen MR) is 101 cm³/mol. The molecule has 0 aliphatic rings. The van der Waals surface area contributed by atoms with E-state index in [4.69, 9.17) is 4.42 Å². The minimum absolute atomic E-state index is 0.193. The molecule has 148 valence electrons. The number of nitrogens with one attached hydrogen (secondary N) is 2. The van der Waals surface area contributed by atoms with Crippen LogP contribution in [0.15, 0.2) is 52.9 Å². The first kappa shape index (κ1) is 19.9. The predicted octanol–water partition coefficient (Wildman–Crippen LogP) is 5.04. The lowest BCUT2D eigenvalue weighted by atomic mass is 10.0. The highest BCUT2D eigenvalue weighted by Crippen LogP contribution is 2.32. The standard InChI is InChI=1S/C20H21F3N4O/c1-19(2,24-3)12-17-26-27-18(28-17)15-6-4-5-7-16(15)25-14-10-8-13(9-11-14)20(21,22)23/h4-11,24-25H,12H2,1-3H3. The Morgan fingerprint density at radius 2 is 1.64 bits per heavy atom. The van der Waals surface area contributed by atoms with E-state index in [0.29, 0.717) is 35.1 Å². The van der Waals surface area contributed by atoms with Gasteiger partial charge in [0.05, 0.1) is 16.8 Å². The van der Waals surface area contributed by atoms with Crippen molar-refractivity contribution < 1.29 is 17.6 Å². The zero-order valence-corrected chi connectivity index (χ0v) is 15.8. The van der Waals surface area contributed by atoms with Gasteiger partial charge in [-0.25, -0.2) is 0 Å². The van der Waals surface area contributed by atoms with E-state index in [0.717, 1.165) is 12.1 Å². The molecule has 28 heavy (non-hydrogen) atoms. The zero-order chi connectivity index (χ0) is 20.4. The minimum atomic E-state index is -4.36. The molecule has 0 bridgehead atoms. The van der Waals surface area contributed by atoms with E-state index in [1.54, 1.807) is 6.07 Å². The number of anilines is 2. The van der Waals surface area contributed by atoms with Crippen LogP contribution in [0.4, 0.5) is 24.5 Å². The lowest BCUT2D eigenvalue weighted by Gasteiger charge is -2.21.